The summed E-state index contributed by atoms with van der Waals surface area (Å²) < 4.78 is 13.8. The molecule has 1 heterocycles. The molecule has 1 aliphatic rings. The summed E-state index contributed by atoms with van der Waals surface area (Å²) in [6.45, 7) is 6.01. The molecule has 27 heavy (non-hydrogen) atoms. The topological polar surface area (TPSA) is 39.7 Å². The highest BCUT2D eigenvalue weighted by molar-refractivity contribution is 7.99. The molecule has 0 amide bonds. The second kappa shape index (κ2) is 10.2. The normalized spacial score (nSPS) is 14.9. The van der Waals surface area contributed by atoms with Crippen molar-refractivity contribution >= 4 is 23.4 Å². The first-order chi connectivity index (χ1) is 13.3. The number of benzene rings is 2. The molecule has 2 aromatic carbocycles. The van der Waals surface area contributed by atoms with Crippen LogP contribution in [0.1, 0.15) is 18.1 Å². The van der Waals surface area contributed by atoms with Gasteiger partial charge in [-0.25, -0.2) is 9.38 Å². The quantitative estimate of drug-likeness (QED) is 0.587. The smallest absolute Gasteiger partial charge is 0.191 e. The number of thioether (sulfide) groups is 1. The number of nitrogens with zero attached hydrogens (tertiary/aromatic N) is 2. The van der Waals surface area contributed by atoms with Crippen molar-refractivity contribution in [2.24, 2.45) is 4.99 Å². The Morgan fingerprint density at radius 3 is 2.52 bits per heavy atom. The van der Waals surface area contributed by atoms with Gasteiger partial charge in [-0.1, -0.05) is 30.3 Å². The average Bonchev–Trinajstić information content (AvgIpc) is 2.72. The van der Waals surface area contributed by atoms with Gasteiger partial charge in [-0.3, -0.25) is 0 Å². The molecule has 2 N–H and O–H groups in total. The number of aliphatic imine (C=N–C) groups is 1. The number of hydrogen-bond donors (Lipinski definition) is 2. The molecule has 0 spiro atoms. The molecule has 0 unspecified atom stereocenters. The molecule has 2 aromatic rings. The number of hydrogen-bond acceptors (Lipinski definition) is 3. The van der Waals surface area contributed by atoms with E-state index in [9.17, 15) is 4.39 Å². The van der Waals surface area contributed by atoms with Gasteiger partial charge in [-0.2, -0.15) is 11.8 Å². The molecule has 1 fully saturated rings. The molecule has 3 rings (SSSR count). The molecule has 0 saturated carbocycles. The van der Waals surface area contributed by atoms with E-state index in [0.29, 0.717) is 24.6 Å². The minimum Gasteiger partial charge on any atom is -0.370 e. The Morgan fingerprint density at radius 2 is 1.81 bits per heavy atom. The average molecular weight is 387 g/mol. The van der Waals surface area contributed by atoms with Crippen molar-refractivity contribution in [2.75, 3.05) is 36.0 Å². The lowest BCUT2D eigenvalue weighted by atomic mass is 10.2. The summed E-state index contributed by atoms with van der Waals surface area (Å²) in [4.78, 5) is 7.06. The number of nitrogens with one attached hydrogen (secondary N) is 2. The van der Waals surface area contributed by atoms with Crippen molar-refractivity contribution in [3.8, 4) is 0 Å². The summed E-state index contributed by atoms with van der Waals surface area (Å²) in [5.74, 6) is 2.89. The van der Waals surface area contributed by atoms with E-state index in [-0.39, 0.29) is 5.82 Å². The summed E-state index contributed by atoms with van der Waals surface area (Å²) in [5, 5.41) is 6.41. The van der Waals surface area contributed by atoms with Crippen LogP contribution in [0, 0.1) is 5.82 Å². The zero-order valence-corrected chi connectivity index (χ0v) is 16.6. The second-order valence-electron chi connectivity index (χ2n) is 6.41. The van der Waals surface area contributed by atoms with Crippen LogP contribution in [0.4, 0.5) is 10.1 Å². The monoisotopic (exact) mass is 386 g/mol. The third-order valence-electron chi connectivity index (χ3n) is 4.48. The summed E-state index contributed by atoms with van der Waals surface area (Å²) >= 11 is 2.02. The molecule has 4 nitrogen and oxygen atoms in total. The lowest BCUT2D eigenvalue weighted by molar-refractivity contribution is 0.604. The van der Waals surface area contributed by atoms with Crippen LogP contribution >= 0.6 is 11.8 Å². The van der Waals surface area contributed by atoms with E-state index < -0.39 is 0 Å². The molecular weight excluding hydrogens is 359 g/mol. The van der Waals surface area contributed by atoms with Gasteiger partial charge in [0, 0.05) is 48.9 Å². The van der Waals surface area contributed by atoms with Gasteiger partial charge >= 0.3 is 0 Å². The van der Waals surface area contributed by atoms with Crippen LogP contribution in [0.15, 0.2) is 53.5 Å². The Balaban J connectivity index is 1.58. The van der Waals surface area contributed by atoms with E-state index in [0.717, 1.165) is 25.2 Å². The third kappa shape index (κ3) is 5.89. The Labute approximate surface area is 165 Å². The Hall–Kier alpha value is -2.21. The Morgan fingerprint density at radius 1 is 1.07 bits per heavy atom. The Bertz CT molecular complexity index is 742. The highest BCUT2D eigenvalue weighted by atomic mass is 32.2. The van der Waals surface area contributed by atoms with Gasteiger partial charge in [0.05, 0.1) is 6.54 Å². The van der Waals surface area contributed by atoms with Crippen LogP contribution in [-0.2, 0) is 13.1 Å². The molecule has 6 heteroatoms. The van der Waals surface area contributed by atoms with Gasteiger partial charge in [0.25, 0.3) is 0 Å². The van der Waals surface area contributed by atoms with Crippen LogP contribution in [0.3, 0.4) is 0 Å². The molecular formula is C21H27FN4S. The first-order valence-electron chi connectivity index (χ1n) is 9.43. The van der Waals surface area contributed by atoms with E-state index in [2.05, 4.69) is 44.8 Å². The van der Waals surface area contributed by atoms with Gasteiger partial charge in [-0.05, 0) is 30.7 Å². The second-order valence-corrected chi connectivity index (χ2v) is 7.63. The third-order valence-corrected chi connectivity index (χ3v) is 5.42. The van der Waals surface area contributed by atoms with E-state index in [1.54, 1.807) is 12.1 Å². The largest absolute Gasteiger partial charge is 0.370 e. The fourth-order valence-corrected chi connectivity index (χ4v) is 3.87. The summed E-state index contributed by atoms with van der Waals surface area (Å²) in [6.07, 6.45) is 0. The van der Waals surface area contributed by atoms with Crippen LogP contribution in [0.2, 0.25) is 0 Å². The number of halogens is 1. The molecule has 1 aliphatic heterocycles. The van der Waals surface area contributed by atoms with Crippen LogP contribution in [0.25, 0.3) is 0 Å². The van der Waals surface area contributed by atoms with E-state index >= 15 is 0 Å². The van der Waals surface area contributed by atoms with Gasteiger partial charge < -0.3 is 15.5 Å². The SMILES string of the molecule is CCNC(=NCc1ccc(N2CCSCC2)cc1)NCc1ccccc1F. The maximum atomic E-state index is 13.8. The fourth-order valence-electron chi connectivity index (χ4n) is 2.97. The van der Waals surface area contributed by atoms with E-state index in [1.807, 2.05) is 24.8 Å². The predicted molar refractivity (Wildman–Crippen MR) is 114 cm³/mol. The number of rotatable bonds is 6. The molecule has 1 saturated heterocycles. The summed E-state index contributed by atoms with van der Waals surface area (Å²) in [7, 11) is 0. The summed E-state index contributed by atoms with van der Waals surface area (Å²) in [5.41, 5.74) is 3.08. The first-order valence-corrected chi connectivity index (χ1v) is 10.6. The van der Waals surface area contributed by atoms with Gasteiger partial charge in [0.1, 0.15) is 5.82 Å². The molecule has 0 bridgehead atoms. The molecule has 0 aromatic heterocycles. The minimum absolute atomic E-state index is 0.201. The maximum Gasteiger partial charge on any atom is 0.191 e. The molecule has 0 radical (unpaired) electrons. The van der Waals surface area contributed by atoms with Crippen molar-refractivity contribution in [3.63, 3.8) is 0 Å². The standard InChI is InChI=1S/C21H27FN4S/c1-2-23-21(25-16-18-5-3-4-6-20(18)22)24-15-17-7-9-19(10-8-17)26-11-13-27-14-12-26/h3-10H,2,11-16H2,1H3,(H2,23,24,25). The van der Waals surface area contributed by atoms with Crippen LogP contribution in [-0.4, -0.2) is 37.1 Å². The van der Waals surface area contributed by atoms with Gasteiger partial charge in [-0.15, -0.1) is 0 Å². The number of guanidine groups is 1. The maximum absolute atomic E-state index is 13.8. The highest BCUT2D eigenvalue weighted by Gasteiger charge is 2.10. The van der Waals surface area contributed by atoms with Crippen molar-refractivity contribution in [1.82, 2.24) is 10.6 Å². The fraction of sp³-hybridized carbons (Fsp3) is 0.381. The molecule has 0 aliphatic carbocycles. The summed E-state index contributed by atoms with van der Waals surface area (Å²) in [6, 6.07) is 15.4. The molecule has 0 atom stereocenters. The van der Waals surface area contributed by atoms with E-state index in [1.165, 1.54) is 23.3 Å². The zero-order valence-electron chi connectivity index (χ0n) is 15.7. The lowest BCUT2D eigenvalue weighted by Crippen LogP contribution is -2.37. The highest BCUT2D eigenvalue weighted by Crippen LogP contribution is 2.20. The van der Waals surface area contributed by atoms with E-state index in [4.69, 9.17) is 0 Å². The lowest BCUT2D eigenvalue weighted by Gasteiger charge is -2.28. The van der Waals surface area contributed by atoms with Gasteiger partial charge in [0.2, 0.25) is 0 Å². The first kappa shape index (κ1) is 19.5. The van der Waals surface area contributed by atoms with Crippen molar-refractivity contribution in [2.45, 2.75) is 20.0 Å². The minimum atomic E-state index is -0.201. The van der Waals surface area contributed by atoms with Crippen molar-refractivity contribution in [3.05, 3.63) is 65.5 Å². The Kier molecular flexibility index (Phi) is 7.39. The van der Waals surface area contributed by atoms with Crippen LogP contribution in [0.5, 0.6) is 0 Å². The zero-order chi connectivity index (χ0) is 18.9. The predicted octanol–water partition coefficient (Wildman–Crippen LogP) is 3.63. The number of anilines is 1. The van der Waals surface area contributed by atoms with Gasteiger partial charge in [0.15, 0.2) is 5.96 Å². The van der Waals surface area contributed by atoms with Crippen molar-refractivity contribution < 1.29 is 4.39 Å². The molecule has 144 valence electrons. The van der Waals surface area contributed by atoms with Crippen molar-refractivity contribution in [1.29, 1.82) is 0 Å². The van der Waals surface area contributed by atoms with Crippen LogP contribution < -0.4 is 15.5 Å².